The van der Waals surface area contributed by atoms with Gasteiger partial charge in [0.15, 0.2) is 18.9 Å². The SMILES string of the molecule is CCCCCCCCCCCCCCCCCCC/C=C/CC/C=C/CC/C=C/C(O)C(COC1OC(CO)C(OC2OC(CO)C(OC3OC(CO)C(O)C(O)C3O)C(O)C2O)C(O)C1O)NC(=O)CCCCCCCCCCCCCCCCCCCCCCCCC. The molecule has 558 valence electrons. The van der Waals surface area contributed by atoms with Crippen LogP contribution < -0.4 is 5.32 Å². The molecule has 0 radical (unpaired) electrons. The maximum atomic E-state index is 13.4. The van der Waals surface area contributed by atoms with Crippen molar-refractivity contribution in [2.75, 3.05) is 26.4 Å². The molecule has 3 fully saturated rings. The van der Waals surface area contributed by atoms with E-state index in [1.165, 1.54) is 231 Å². The first kappa shape index (κ1) is 87.2. The van der Waals surface area contributed by atoms with E-state index < -0.39 is 124 Å². The number of nitrogens with one attached hydrogen (secondary N) is 1. The molecule has 0 saturated carbocycles. The number of aliphatic hydroxyl groups is 11. The van der Waals surface area contributed by atoms with Crippen molar-refractivity contribution in [3.8, 4) is 0 Å². The van der Waals surface area contributed by atoms with Crippen LogP contribution in [-0.2, 0) is 33.2 Å². The van der Waals surface area contributed by atoms with Crippen LogP contribution in [0.25, 0.3) is 0 Å². The molecule has 0 bridgehead atoms. The molecule has 1 amide bonds. The van der Waals surface area contributed by atoms with Gasteiger partial charge < -0.3 is 89.9 Å². The fourth-order valence-electron chi connectivity index (χ4n) is 13.2. The number of amides is 1. The summed E-state index contributed by atoms with van der Waals surface area (Å²) in [5.74, 6) is -0.283. The number of hydrogen-bond donors (Lipinski definition) is 12. The predicted octanol–water partition coefficient (Wildman–Crippen LogP) is 11.9. The molecule has 17 atom stereocenters. The van der Waals surface area contributed by atoms with Gasteiger partial charge in [-0.25, -0.2) is 0 Å². The van der Waals surface area contributed by atoms with Crippen molar-refractivity contribution >= 4 is 5.91 Å². The molecule has 3 aliphatic rings. The van der Waals surface area contributed by atoms with Gasteiger partial charge in [0, 0.05) is 6.42 Å². The van der Waals surface area contributed by atoms with E-state index in [0.29, 0.717) is 12.8 Å². The maximum Gasteiger partial charge on any atom is 0.220 e. The molecule has 3 aliphatic heterocycles. The van der Waals surface area contributed by atoms with Gasteiger partial charge in [-0.3, -0.25) is 4.79 Å². The maximum absolute atomic E-state index is 13.4. The average molecular weight is 1360 g/mol. The monoisotopic (exact) mass is 1360 g/mol. The summed E-state index contributed by atoms with van der Waals surface area (Å²) in [6.45, 7) is 1.76. The van der Waals surface area contributed by atoms with Crippen molar-refractivity contribution in [1.29, 1.82) is 0 Å². The van der Waals surface area contributed by atoms with Crippen molar-refractivity contribution in [3.63, 3.8) is 0 Å². The van der Waals surface area contributed by atoms with E-state index >= 15 is 0 Å². The summed E-state index contributed by atoms with van der Waals surface area (Å²) in [7, 11) is 0. The van der Waals surface area contributed by atoms with Gasteiger partial charge in [0.2, 0.25) is 5.91 Å². The molecule has 3 rings (SSSR count). The molecule has 0 aliphatic carbocycles. The van der Waals surface area contributed by atoms with Crippen LogP contribution in [-0.4, -0.2) is 193 Å². The lowest BCUT2D eigenvalue weighted by molar-refractivity contribution is -0.379. The summed E-state index contributed by atoms with van der Waals surface area (Å²) in [6.07, 6.45) is 42.8. The number of ether oxygens (including phenoxy) is 6. The number of rotatable bonds is 61. The first-order valence-electron chi connectivity index (χ1n) is 38.7. The van der Waals surface area contributed by atoms with Crippen LogP contribution in [0.15, 0.2) is 36.5 Å². The molecule has 0 spiro atoms. The summed E-state index contributed by atoms with van der Waals surface area (Å²) in [4.78, 5) is 13.4. The van der Waals surface area contributed by atoms with E-state index in [9.17, 15) is 61.0 Å². The first-order chi connectivity index (χ1) is 46.3. The van der Waals surface area contributed by atoms with Crippen molar-refractivity contribution in [2.24, 2.45) is 0 Å². The van der Waals surface area contributed by atoms with Crippen LogP contribution >= 0.6 is 0 Å². The largest absolute Gasteiger partial charge is 0.394 e. The normalized spacial score (nSPS) is 27.4. The van der Waals surface area contributed by atoms with E-state index in [1.807, 2.05) is 6.08 Å². The molecule has 19 heteroatoms. The highest BCUT2D eigenvalue weighted by Crippen LogP contribution is 2.33. The highest BCUT2D eigenvalue weighted by Gasteiger charge is 2.53. The highest BCUT2D eigenvalue weighted by atomic mass is 16.8. The lowest BCUT2D eigenvalue weighted by atomic mass is 9.96. The zero-order valence-corrected chi connectivity index (χ0v) is 59.4. The molecular formula is C76H141NO18. The Labute approximate surface area is 574 Å². The van der Waals surface area contributed by atoms with Gasteiger partial charge in [-0.05, 0) is 44.9 Å². The molecule has 3 saturated heterocycles. The zero-order chi connectivity index (χ0) is 68.9. The molecule has 0 aromatic rings. The van der Waals surface area contributed by atoms with Gasteiger partial charge in [-0.2, -0.15) is 0 Å². The third-order valence-corrected chi connectivity index (χ3v) is 19.4. The third-order valence-electron chi connectivity index (χ3n) is 19.4. The van der Waals surface area contributed by atoms with Gasteiger partial charge in [0.25, 0.3) is 0 Å². The lowest BCUT2D eigenvalue weighted by Crippen LogP contribution is -2.66. The number of carbonyl (C=O) groups is 1. The van der Waals surface area contributed by atoms with Crippen molar-refractivity contribution in [3.05, 3.63) is 36.5 Å². The van der Waals surface area contributed by atoms with Crippen LogP contribution in [0.3, 0.4) is 0 Å². The molecule has 17 unspecified atom stereocenters. The van der Waals surface area contributed by atoms with Crippen molar-refractivity contribution in [2.45, 2.75) is 413 Å². The smallest absolute Gasteiger partial charge is 0.220 e. The Morgan fingerprint density at radius 2 is 0.674 bits per heavy atom. The minimum atomic E-state index is -1.98. The fraction of sp³-hybridized carbons (Fsp3) is 0.908. The van der Waals surface area contributed by atoms with E-state index in [4.69, 9.17) is 28.4 Å². The Kier molecular flexibility index (Phi) is 52.9. The average Bonchev–Trinajstić information content (AvgIpc) is 0.786. The van der Waals surface area contributed by atoms with Crippen LogP contribution in [0.1, 0.15) is 309 Å². The number of hydrogen-bond acceptors (Lipinski definition) is 18. The first-order valence-corrected chi connectivity index (χ1v) is 38.7. The Hall–Kier alpha value is -1.99. The van der Waals surface area contributed by atoms with E-state index in [2.05, 4.69) is 43.5 Å². The third kappa shape index (κ3) is 38.6. The number of aliphatic hydroxyl groups excluding tert-OH is 11. The van der Waals surface area contributed by atoms with Gasteiger partial charge in [0.05, 0.1) is 38.6 Å². The Morgan fingerprint density at radius 1 is 0.368 bits per heavy atom. The van der Waals surface area contributed by atoms with E-state index in [0.717, 1.165) is 44.9 Å². The second-order valence-electron chi connectivity index (χ2n) is 27.8. The molecule has 95 heavy (non-hydrogen) atoms. The Balaban J connectivity index is 1.42. The highest BCUT2D eigenvalue weighted by molar-refractivity contribution is 5.76. The molecule has 12 N–H and O–H groups in total. The molecule has 0 aromatic carbocycles. The second-order valence-corrected chi connectivity index (χ2v) is 27.8. The quantitative estimate of drug-likeness (QED) is 0.0199. The van der Waals surface area contributed by atoms with Gasteiger partial charge in [-0.1, -0.05) is 294 Å². The minimum absolute atomic E-state index is 0.236. The number of unbranched alkanes of at least 4 members (excludes halogenated alkanes) is 41. The van der Waals surface area contributed by atoms with Crippen LogP contribution in [0, 0.1) is 0 Å². The summed E-state index contributed by atoms with van der Waals surface area (Å²) < 4.78 is 34.4. The minimum Gasteiger partial charge on any atom is -0.394 e. The standard InChI is InChI=1S/C76H141NO18/c1-3-5-7-9-11-13-15-17-19-21-23-25-27-28-29-30-32-33-35-37-39-41-43-45-47-49-51-53-60(81)59(77-64(82)54-52-50-48-46-44-42-40-38-36-34-31-26-24-22-20-18-16-14-12-10-8-6-4-2)58-90-74-70(88)67(85)72(62(56-79)92-74)95-76-71(89)68(86)73(63(57-80)93-76)94-75-69(87)66(84)65(83)61(55-78)91-75/h35,37,43,45,51,53,59-63,65-76,78-81,83-89H,3-34,36,38-42,44,46-50,52,54-58H2,1-2H3,(H,77,82)/b37-35+,45-43+,53-51+. The van der Waals surface area contributed by atoms with Crippen LogP contribution in [0.5, 0.6) is 0 Å². The van der Waals surface area contributed by atoms with Crippen LogP contribution in [0.4, 0.5) is 0 Å². The number of allylic oxidation sites excluding steroid dienone is 5. The summed E-state index contributed by atoms with van der Waals surface area (Å²) in [5.41, 5.74) is 0. The predicted molar refractivity (Wildman–Crippen MR) is 374 cm³/mol. The topological polar surface area (TPSA) is 307 Å². The molecular weight excluding hydrogens is 1210 g/mol. The summed E-state index contributed by atoms with van der Waals surface area (Å²) >= 11 is 0. The lowest BCUT2D eigenvalue weighted by Gasteiger charge is -2.48. The van der Waals surface area contributed by atoms with Gasteiger partial charge >= 0.3 is 0 Å². The van der Waals surface area contributed by atoms with Gasteiger partial charge in [0.1, 0.15) is 73.2 Å². The van der Waals surface area contributed by atoms with Gasteiger partial charge in [-0.15, -0.1) is 0 Å². The van der Waals surface area contributed by atoms with Crippen molar-refractivity contribution < 1.29 is 89.4 Å². The molecule has 19 nitrogen and oxygen atoms in total. The van der Waals surface area contributed by atoms with E-state index in [-0.39, 0.29) is 18.9 Å². The number of carbonyl (C=O) groups excluding carboxylic acids is 1. The molecule has 3 heterocycles. The summed E-state index contributed by atoms with van der Waals surface area (Å²) in [5, 5.41) is 121. The zero-order valence-electron chi connectivity index (χ0n) is 59.4. The van der Waals surface area contributed by atoms with Crippen LogP contribution in [0.2, 0.25) is 0 Å². The second kappa shape index (κ2) is 57.6. The van der Waals surface area contributed by atoms with E-state index in [1.54, 1.807) is 6.08 Å². The van der Waals surface area contributed by atoms with Crippen molar-refractivity contribution in [1.82, 2.24) is 5.32 Å². The molecule has 0 aromatic heterocycles. The fourth-order valence-corrected chi connectivity index (χ4v) is 13.2. The Morgan fingerprint density at radius 3 is 1.05 bits per heavy atom. The summed E-state index contributed by atoms with van der Waals surface area (Å²) in [6, 6.07) is -0.995. The Bertz CT molecular complexity index is 1860.